The van der Waals surface area contributed by atoms with Crippen LogP contribution in [-0.2, 0) is 4.79 Å². The quantitative estimate of drug-likeness (QED) is 0.677. The molecule has 1 rings (SSSR count). The Hall–Kier alpha value is -1.82. The van der Waals surface area contributed by atoms with E-state index in [1.165, 1.54) is 0 Å². The number of nitriles is 1. The van der Waals surface area contributed by atoms with Crippen molar-refractivity contribution < 1.29 is 4.79 Å². The maximum absolute atomic E-state index is 8.76. The molecule has 0 aliphatic carbocycles. The van der Waals surface area contributed by atoms with Crippen molar-refractivity contribution >= 4 is 12.5 Å². The summed E-state index contributed by atoms with van der Waals surface area (Å²) in [7, 11) is 3.95. The SMILES string of the molecule is C=O.Cc1c(C#N)cccc1N(C)C. The Labute approximate surface area is 84.6 Å². The van der Waals surface area contributed by atoms with Crippen molar-refractivity contribution in [1.82, 2.24) is 0 Å². The fourth-order valence-corrected chi connectivity index (χ4v) is 1.23. The van der Waals surface area contributed by atoms with Gasteiger partial charge in [-0.3, -0.25) is 0 Å². The first-order valence-electron chi connectivity index (χ1n) is 4.12. The first-order valence-corrected chi connectivity index (χ1v) is 4.12. The molecule has 0 bridgehead atoms. The van der Waals surface area contributed by atoms with E-state index in [0.717, 1.165) is 16.8 Å². The predicted octanol–water partition coefficient (Wildman–Crippen LogP) is 1.75. The standard InChI is InChI=1S/C10H12N2.CH2O/c1-8-9(7-11)5-4-6-10(8)12(2)3;1-2/h4-6H,1-3H3;1H2. The Kier molecular flexibility index (Phi) is 5.01. The summed E-state index contributed by atoms with van der Waals surface area (Å²) >= 11 is 0. The Morgan fingerprint density at radius 2 is 1.93 bits per heavy atom. The molecule has 0 N–H and O–H groups in total. The fraction of sp³-hybridized carbons (Fsp3) is 0.273. The summed E-state index contributed by atoms with van der Waals surface area (Å²) in [5.41, 5.74) is 2.90. The first kappa shape index (κ1) is 12.2. The molecule has 0 atom stereocenters. The molecule has 0 heterocycles. The molecule has 0 spiro atoms. The average Bonchev–Trinajstić information content (AvgIpc) is 2.21. The lowest BCUT2D eigenvalue weighted by Crippen LogP contribution is -2.10. The molecule has 74 valence electrons. The van der Waals surface area contributed by atoms with Crippen LogP contribution < -0.4 is 4.90 Å². The Morgan fingerprint density at radius 3 is 2.36 bits per heavy atom. The highest BCUT2D eigenvalue weighted by atomic mass is 16.1. The van der Waals surface area contributed by atoms with Gasteiger partial charge in [0.2, 0.25) is 0 Å². The Bertz CT molecular complexity index is 340. The molecule has 0 radical (unpaired) electrons. The van der Waals surface area contributed by atoms with Crippen molar-refractivity contribution in [1.29, 1.82) is 5.26 Å². The minimum Gasteiger partial charge on any atom is -0.377 e. The van der Waals surface area contributed by atoms with E-state index < -0.39 is 0 Å². The van der Waals surface area contributed by atoms with Gasteiger partial charge in [0.1, 0.15) is 6.79 Å². The van der Waals surface area contributed by atoms with Crippen LogP contribution in [0.2, 0.25) is 0 Å². The van der Waals surface area contributed by atoms with Crippen LogP contribution in [0.3, 0.4) is 0 Å². The normalized spacial score (nSPS) is 8.14. The van der Waals surface area contributed by atoms with Crippen molar-refractivity contribution in [2.75, 3.05) is 19.0 Å². The lowest BCUT2D eigenvalue weighted by atomic mass is 10.1. The van der Waals surface area contributed by atoms with Crippen molar-refractivity contribution in [3.8, 4) is 6.07 Å². The summed E-state index contributed by atoms with van der Waals surface area (Å²) < 4.78 is 0. The highest BCUT2D eigenvalue weighted by Gasteiger charge is 2.03. The van der Waals surface area contributed by atoms with E-state index in [0.29, 0.717) is 0 Å². The molecular formula is C11H14N2O. The van der Waals surface area contributed by atoms with Crippen molar-refractivity contribution in [2.45, 2.75) is 6.92 Å². The molecule has 0 amide bonds. The smallest absolute Gasteiger partial charge is 0.106 e. The van der Waals surface area contributed by atoms with E-state index in [1.807, 2.05) is 50.9 Å². The molecule has 0 saturated heterocycles. The summed E-state index contributed by atoms with van der Waals surface area (Å²) in [5.74, 6) is 0. The molecule has 0 fully saturated rings. The zero-order valence-electron chi connectivity index (χ0n) is 8.74. The van der Waals surface area contributed by atoms with Crippen LogP contribution in [0.25, 0.3) is 0 Å². The molecule has 0 aliphatic rings. The monoisotopic (exact) mass is 190 g/mol. The number of hydrogen-bond donors (Lipinski definition) is 0. The lowest BCUT2D eigenvalue weighted by molar-refractivity contribution is -0.0979. The van der Waals surface area contributed by atoms with Gasteiger partial charge in [0, 0.05) is 19.8 Å². The first-order chi connectivity index (χ1) is 6.66. The van der Waals surface area contributed by atoms with Crippen LogP contribution in [0.1, 0.15) is 11.1 Å². The van der Waals surface area contributed by atoms with Gasteiger partial charge in [0.25, 0.3) is 0 Å². The summed E-state index contributed by atoms with van der Waals surface area (Å²) in [4.78, 5) is 10.0. The van der Waals surface area contributed by atoms with Crippen LogP contribution in [0.5, 0.6) is 0 Å². The number of carbonyl (C=O) groups is 1. The van der Waals surface area contributed by atoms with Gasteiger partial charge in [-0.2, -0.15) is 5.26 Å². The number of anilines is 1. The van der Waals surface area contributed by atoms with Gasteiger partial charge < -0.3 is 9.69 Å². The van der Waals surface area contributed by atoms with Crippen LogP contribution in [0, 0.1) is 18.3 Å². The summed E-state index contributed by atoms with van der Waals surface area (Å²) in [6.07, 6.45) is 0. The molecule has 0 aromatic heterocycles. The highest BCUT2D eigenvalue weighted by molar-refractivity contribution is 5.58. The number of rotatable bonds is 1. The predicted molar refractivity (Wildman–Crippen MR) is 57.3 cm³/mol. The second kappa shape index (κ2) is 5.76. The number of nitrogens with zero attached hydrogens (tertiary/aromatic N) is 2. The van der Waals surface area contributed by atoms with E-state index >= 15 is 0 Å². The largest absolute Gasteiger partial charge is 0.377 e. The zero-order chi connectivity index (χ0) is 11.1. The number of hydrogen-bond acceptors (Lipinski definition) is 3. The third-order valence-electron chi connectivity index (χ3n) is 1.91. The van der Waals surface area contributed by atoms with Gasteiger partial charge in [-0.15, -0.1) is 0 Å². The molecule has 1 aromatic rings. The lowest BCUT2D eigenvalue weighted by Gasteiger charge is -2.15. The van der Waals surface area contributed by atoms with Crippen LogP contribution in [0.15, 0.2) is 18.2 Å². The van der Waals surface area contributed by atoms with Crippen LogP contribution in [0.4, 0.5) is 5.69 Å². The summed E-state index contributed by atoms with van der Waals surface area (Å²) in [6.45, 7) is 3.97. The third-order valence-corrected chi connectivity index (χ3v) is 1.91. The topological polar surface area (TPSA) is 44.1 Å². The third kappa shape index (κ3) is 2.60. The van der Waals surface area contributed by atoms with Gasteiger partial charge in [0.05, 0.1) is 11.6 Å². The minimum atomic E-state index is 0.751. The van der Waals surface area contributed by atoms with E-state index in [9.17, 15) is 0 Å². The molecule has 0 aliphatic heterocycles. The second-order valence-electron chi connectivity index (χ2n) is 2.96. The van der Waals surface area contributed by atoms with E-state index in [4.69, 9.17) is 10.1 Å². The summed E-state index contributed by atoms with van der Waals surface area (Å²) in [5, 5.41) is 8.76. The van der Waals surface area contributed by atoms with E-state index in [1.54, 1.807) is 0 Å². The van der Waals surface area contributed by atoms with E-state index in [2.05, 4.69) is 6.07 Å². The van der Waals surface area contributed by atoms with E-state index in [-0.39, 0.29) is 0 Å². The van der Waals surface area contributed by atoms with Crippen LogP contribution in [-0.4, -0.2) is 20.9 Å². The van der Waals surface area contributed by atoms with Gasteiger partial charge in [-0.1, -0.05) is 6.07 Å². The van der Waals surface area contributed by atoms with Crippen LogP contribution >= 0.6 is 0 Å². The van der Waals surface area contributed by atoms with Crippen molar-refractivity contribution in [3.63, 3.8) is 0 Å². The molecule has 3 nitrogen and oxygen atoms in total. The van der Waals surface area contributed by atoms with Gasteiger partial charge >= 0.3 is 0 Å². The second-order valence-corrected chi connectivity index (χ2v) is 2.96. The molecule has 3 heteroatoms. The average molecular weight is 190 g/mol. The zero-order valence-corrected chi connectivity index (χ0v) is 8.74. The fourth-order valence-electron chi connectivity index (χ4n) is 1.23. The number of benzene rings is 1. The van der Waals surface area contributed by atoms with Crippen molar-refractivity contribution in [3.05, 3.63) is 29.3 Å². The molecule has 1 aromatic carbocycles. The maximum Gasteiger partial charge on any atom is 0.106 e. The van der Waals surface area contributed by atoms with Gasteiger partial charge in [-0.05, 0) is 24.6 Å². The Balaban J connectivity index is 0.000000791. The molecular weight excluding hydrogens is 176 g/mol. The maximum atomic E-state index is 8.76. The minimum absolute atomic E-state index is 0.751. The number of carbonyl (C=O) groups excluding carboxylic acids is 1. The molecule has 0 unspecified atom stereocenters. The Morgan fingerprint density at radius 1 is 1.36 bits per heavy atom. The molecule has 0 saturated carbocycles. The van der Waals surface area contributed by atoms with Crippen molar-refractivity contribution in [2.24, 2.45) is 0 Å². The molecule has 14 heavy (non-hydrogen) atoms. The highest BCUT2D eigenvalue weighted by Crippen LogP contribution is 2.20. The van der Waals surface area contributed by atoms with Gasteiger partial charge in [0.15, 0.2) is 0 Å². The summed E-state index contributed by atoms with van der Waals surface area (Å²) in [6, 6.07) is 7.91. The van der Waals surface area contributed by atoms with Gasteiger partial charge in [-0.25, -0.2) is 0 Å².